The van der Waals surface area contributed by atoms with Gasteiger partial charge in [0.2, 0.25) is 5.43 Å². The lowest BCUT2D eigenvalue weighted by Gasteiger charge is -2.23. The van der Waals surface area contributed by atoms with Crippen LogP contribution in [0.2, 0.25) is 0 Å². The van der Waals surface area contributed by atoms with Crippen LogP contribution in [0.1, 0.15) is 24.0 Å². The predicted molar refractivity (Wildman–Crippen MR) is 66.5 cm³/mol. The Morgan fingerprint density at radius 1 is 1.17 bits per heavy atom. The minimum absolute atomic E-state index is 0.0683. The van der Waals surface area contributed by atoms with E-state index >= 15 is 0 Å². The monoisotopic (exact) mass is 246 g/mol. The van der Waals surface area contributed by atoms with Crippen LogP contribution in [0.15, 0.2) is 33.5 Å². The number of ether oxygens (including phenoxy) is 2. The smallest absolute Gasteiger partial charge is 0.201 e. The molecule has 4 heteroatoms. The summed E-state index contributed by atoms with van der Waals surface area (Å²) in [5.74, 6) is 0.561. The van der Waals surface area contributed by atoms with Gasteiger partial charge >= 0.3 is 0 Å². The summed E-state index contributed by atoms with van der Waals surface area (Å²) in [4.78, 5) is 12.4. The first-order chi connectivity index (χ1) is 8.77. The lowest BCUT2D eigenvalue weighted by Crippen LogP contribution is -2.24. The average Bonchev–Trinajstić information content (AvgIpc) is 2.40. The van der Waals surface area contributed by atoms with Crippen LogP contribution in [0.4, 0.5) is 0 Å². The van der Waals surface area contributed by atoms with Gasteiger partial charge in [0, 0.05) is 0 Å². The van der Waals surface area contributed by atoms with Gasteiger partial charge in [0.05, 0.1) is 24.2 Å². The molecule has 4 nitrogen and oxygen atoms in total. The minimum Gasteiger partial charge on any atom is -0.461 e. The topological polar surface area (TPSA) is 48.7 Å². The maximum Gasteiger partial charge on any atom is 0.201 e. The van der Waals surface area contributed by atoms with Crippen LogP contribution in [0, 0.1) is 6.92 Å². The van der Waals surface area contributed by atoms with E-state index in [0.717, 1.165) is 6.42 Å². The van der Waals surface area contributed by atoms with Crippen LogP contribution in [0.25, 0.3) is 11.0 Å². The Morgan fingerprint density at radius 3 is 2.67 bits per heavy atom. The van der Waals surface area contributed by atoms with Crippen molar-refractivity contribution < 1.29 is 13.9 Å². The van der Waals surface area contributed by atoms with Crippen molar-refractivity contribution in [2.75, 3.05) is 13.2 Å². The molecule has 1 saturated heterocycles. The fourth-order valence-corrected chi connectivity index (χ4v) is 2.20. The molecule has 2 aromatic rings. The van der Waals surface area contributed by atoms with Crippen LogP contribution in [0.5, 0.6) is 0 Å². The number of hydrogen-bond acceptors (Lipinski definition) is 4. The fourth-order valence-electron chi connectivity index (χ4n) is 2.20. The molecular formula is C14H14O4. The Balaban J connectivity index is 2.19. The first kappa shape index (κ1) is 11.4. The van der Waals surface area contributed by atoms with Gasteiger partial charge in [-0.2, -0.15) is 0 Å². The lowest BCUT2D eigenvalue weighted by molar-refractivity contribution is -0.184. The molecule has 0 unspecified atom stereocenters. The summed E-state index contributed by atoms with van der Waals surface area (Å²) in [6, 6.07) is 7.21. The van der Waals surface area contributed by atoms with Crippen molar-refractivity contribution in [1.82, 2.24) is 0 Å². The van der Waals surface area contributed by atoms with E-state index in [1.807, 2.05) is 12.1 Å². The van der Waals surface area contributed by atoms with Crippen molar-refractivity contribution >= 4 is 11.0 Å². The molecule has 1 aliphatic heterocycles. The van der Waals surface area contributed by atoms with Crippen LogP contribution >= 0.6 is 0 Å². The van der Waals surface area contributed by atoms with E-state index in [0.29, 0.717) is 35.5 Å². The van der Waals surface area contributed by atoms with Gasteiger partial charge in [0.25, 0.3) is 0 Å². The molecule has 0 amide bonds. The Labute approximate surface area is 104 Å². The summed E-state index contributed by atoms with van der Waals surface area (Å²) in [5, 5.41) is 0.566. The second kappa shape index (κ2) is 4.55. The largest absolute Gasteiger partial charge is 0.461 e. The van der Waals surface area contributed by atoms with Crippen molar-refractivity contribution in [3.8, 4) is 0 Å². The zero-order valence-electron chi connectivity index (χ0n) is 10.1. The Bertz CT molecular complexity index is 623. The molecule has 1 aliphatic rings. The first-order valence-electron chi connectivity index (χ1n) is 6.03. The first-order valence-corrected chi connectivity index (χ1v) is 6.03. The normalized spacial score (nSPS) is 17.2. The van der Waals surface area contributed by atoms with E-state index in [9.17, 15) is 4.79 Å². The highest BCUT2D eigenvalue weighted by Gasteiger charge is 2.24. The van der Waals surface area contributed by atoms with Gasteiger partial charge in [0.1, 0.15) is 11.3 Å². The molecule has 18 heavy (non-hydrogen) atoms. The van der Waals surface area contributed by atoms with Crippen molar-refractivity contribution in [3.05, 3.63) is 45.8 Å². The van der Waals surface area contributed by atoms with Crippen molar-refractivity contribution in [2.45, 2.75) is 19.6 Å². The molecule has 1 aromatic carbocycles. The molecule has 0 atom stereocenters. The molecule has 3 rings (SSSR count). The molecule has 0 spiro atoms. The van der Waals surface area contributed by atoms with Gasteiger partial charge in [-0.1, -0.05) is 12.1 Å². The van der Waals surface area contributed by atoms with Crippen LogP contribution < -0.4 is 5.43 Å². The molecule has 0 bridgehead atoms. The number of rotatable bonds is 1. The maximum atomic E-state index is 12.4. The highest BCUT2D eigenvalue weighted by atomic mass is 16.7. The third-order valence-corrected chi connectivity index (χ3v) is 3.08. The highest BCUT2D eigenvalue weighted by molar-refractivity contribution is 5.77. The van der Waals surface area contributed by atoms with E-state index in [1.54, 1.807) is 19.1 Å². The van der Waals surface area contributed by atoms with Gasteiger partial charge in [-0.25, -0.2) is 0 Å². The van der Waals surface area contributed by atoms with E-state index in [1.165, 1.54) is 0 Å². The van der Waals surface area contributed by atoms with Crippen LogP contribution in [-0.2, 0) is 9.47 Å². The van der Waals surface area contributed by atoms with Crippen molar-refractivity contribution in [1.29, 1.82) is 0 Å². The van der Waals surface area contributed by atoms with E-state index in [4.69, 9.17) is 13.9 Å². The Morgan fingerprint density at radius 2 is 1.89 bits per heavy atom. The van der Waals surface area contributed by atoms with Gasteiger partial charge in [-0.3, -0.25) is 4.79 Å². The Kier molecular flexibility index (Phi) is 2.89. The number of para-hydroxylation sites is 1. The molecule has 2 heterocycles. The molecule has 0 aliphatic carbocycles. The van der Waals surface area contributed by atoms with Gasteiger partial charge < -0.3 is 13.9 Å². The summed E-state index contributed by atoms with van der Waals surface area (Å²) in [6.45, 7) is 2.98. The highest BCUT2D eigenvalue weighted by Crippen LogP contribution is 2.25. The van der Waals surface area contributed by atoms with Gasteiger partial charge in [-0.15, -0.1) is 0 Å². The second-order valence-corrected chi connectivity index (χ2v) is 4.32. The standard InChI is InChI=1S/C14H14O4/c1-9-12(14-16-7-4-8-17-14)13(15)10-5-2-3-6-11(10)18-9/h2-3,5-6,14H,4,7-8H2,1H3. The molecule has 1 fully saturated rings. The number of hydrogen-bond donors (Lipinski definition) is 0. The quantitative estimate of drug-likeness (QED) is 0.775. The number of benzene rings is 1. The molecule has 0 N–H and O–H groups in total. The Hall–Kier alpha value is -1.65. The van der Waals surface area contributed by atoms with E-state index < -0.39 is 6.29 Å². The third kappa shape index (κ3) is 1.83. The molecule has 0 radical (unpaired) electrons. The maximum absolute atomic E-state index is 12.4. The van der Waals surface area contributed by atoms with Crippen LogP contribution in [-0.4, -0.2) is 13.2 Å². The van der Waals surface area contributed by atoms with E-state index in [-0.39, 0.29) is 5.43 Å². The predicted octanol–water partition coefficient (Wildman–Crippen LogP) is 2.54. The summed E-state index contributed by atoms with van der Waals surface area (Å²) in [6.07, 6.45) is 0.258. The average molecular weight is 246 g/mol. The van der Waals surface area contributed by atoms with Gasteiger partial charge in [-0.05, 0) is 25.5 Å². The van der Waals surface area contributed by atoms with E-state index in [2.05, 4.69) is 0 Å². The number of aryl methyl sites for hydroxylation is 1. The SMILES string of the molecule is Cc1oc2ccccc2c(=O)c1C1OCCCO1. The summed E-state index contributed by atoms with van der Waals surface area (Å²) >= 11 is 0. The zero-order valence-corrected chi connectivity index (χ0v) is 10.1. The second-order valence-electron chi connectivity index (χ2n) is 4.32. The fraction of sp³-hybridized carbons (Fsp3) is 0.357. The number of fused-ring (bicyclic) bond motifs is 1. The van der Waals surface area contributed by atoms with Gasteiger partial charge in [0.15, 0.2) is 6.29 Å². The van der Waals surface area contributed by atoms with Crippen molar-refractivity contribution in [2.24, 2.45) is 0 Å². The van der Waals surface area contributed by atoms with Crippen molar-refractivity contribution in [3.63, 3.8) is 0 Å². The third-order valence-electron chi connectivity index (χ3n) is 3.08. The zero-order chi connectivity index (χ0) is 12.5. The molecule has 0 saturated carbocycles. The summed E-state index contributed by atoms with van der Waals surface area (Å²) in [7, 11) is 0. The minimum atomic E-state index is -0.598. The van der Waals surface area contributed by atoms with Crippen LogP contribution in [0.3, 0.4) is 0 Å². The molecule has 94 valence electrons. The molecular weight excluding hydrogens is 232 g/mol. The summed E-state index contributed by atoms with van der Waals surface area (Å²) in [5.41, 5.74) is 1.01. The summed E-state index contributed by atoms with van der Waals surface area (Å²) < 4.78 is 16.7. The molecule has 1 aromatic heterocycles. The lowest BCUT2D eigenvalue weighted by atomic mass is 10.1.